The van der Waals surface area contributed by atoms with Crippen LogP contribution < -0.4 is 9.80 Å². The van der Waals surface area contributed by atoms with Crippen molar-refractivity contribution in [3.63, 3.8) is 0 Å². The van der Waals surface area contributed by atoms with Crippen molar-refractivity contribution in [3.8, 4) is 0 Å². The van der Waals surface area contributed by atoms with Gasteiger partial charge in [0.05, 0.1) is 0 Å². The molecule has 0 radical (unpaired) electrons. The number of anilines is 4. The summed E-state index contributed by atoms with van der Waals surface area (Å²) >= 11 is -0.268. The fourth-order valence-corrected chi connectivity index (χ4v) is 7.92. The molecule has 4 heterocycles. The number of hydrogen-bond donors (Lipinski definition) is 0. The Morgan fingerprint density at radius 2 is 1.22 bits per heavy atom. The van der Waals surface area contributed by atoms with Crippen molar-refractivity contribution in [1.29, 1.82) is 0 Å². The van der Waals surface area contributed by atoms with Crippen LogP contribution in [0.3, 0.4) is 0 Å². The fraction of sp³-hybridized carbons (Fsp3) is 0.103. The zero-order valence-corrected chi connectivity index (χ0v) is 21.3. The predicted molar refractivity (Wildman–Crippen MR) is 141 cm³/mol. The first-order valence-corrected chi connectivity index (χ1v) is 13.4. The SMILES string of the molecule is CC1(C)c2ccccc2N(c2c(N3C(=O)c4nccnc4C3=O)[se]c3ccccc23)c2ccccc21. The van der Waals surface area contributed by atoms with Gasteiger partial charge in [-0.2, -0.15) is 0 Å². The molecule has 0 bridgehead atoms. The molecule has 0 unspecified atom stereocenters. The molecule has 2 aliphatic rings. The summed E-state index contributed by atoms with van der Waals surface area (Å²) in [4.78, 5) is 39.0. The van der Waals surface area contributed by atoms with E-state index < -0.39 is 11.8 Å². The predicted octanol–water partition coefficient (Wildman–Crippen LogP) is 5.60. The van der Waals surface area contributed by atoms with E-state index in [2.05, 4.69) is 77.2 Å². The van der Waals surface area contributed by atoms with E-state index in [1.165, 1.54) is 28.4 Å². The van der Waals surface area contributed by atoms with E-state index in [1.807, 2.05) is 24.3 Å². The van der Waals surface area contributed by atoms with Crippen LogP contribution in [0.25, 0.3) is 9.65 Å². The number of aromatic nitrogens is 2. The van der Waals surface area contributed by atoms with Crippen molar-refractivity contribution < 1.29 is 9.59 Å². The molecule has 0 fully saturated rings. The van der Waals surface area contributed by atoms with E-state index in [0.29, 0.717) is 4.56 Å². The number of amides is 2. The van der Waals surface area contributed by atoms with Crippen LogP contribution in [0.1, 0.15) is 46.0 Å². The van der Waals surface area contributed by atoms with Gasteiger partial charge >= 0.3 is 214 Å². The van der Waals surface area contributed by atoms with E-state index in [9.17, 15) is 9.59 Å². The van der Waals surface area contributed by atoms with Gasteiger partial charge in [-0.05, 0) is 0 Å². The number of carbonyl (C=O) groups excluding carboxylic acids is 2. The van der Waals surface area contributed by atoms with E-state index in [0.717, 1.165) is 26.7 Å². The first-order chi connectivity index (χ1) is 17.5. The van der Waals surface area contributed by atoms with Crippen molar-refractivity contribution in [2.45, 2.75) is 19.3 Å². The molecule has 0 saturated carbocycles. The minimum atomic E-state index is -0.413. The molecule has 2 aromatic heterocycles. The molecule has 174 valence electrons. The number of para-hydroxylation sites is 2. The molecule has 7 heteroatoms. The molecule has 5 aromatic rings. The van der Waals surface area contributed by atoms with Gasteiger partial charge in [0.1, 0.15) is 0 Å². The molecular formula is C29H20N4O2Se. The van der Waals surface area contributed by atoms with Crippen molar-refractivity contribution >= 4 is 57.6 Å². The Morgan fingerprint density at radius 1 is 0.694 bits per heavy atom. The zero-order chi connectivity index (χ0) is 24.6. The summed E-state index contributed by atoms with van der Waals surface area (Å²) in [6.45, 7) is 4.48. The van der Waals surface area contributed by atoms with E-state index >= 15 is 0 Å². The Kier molecular flexibility index (Phi) is 4.41. The molecule has 0 saturated heterocycles. The molecule has 0 aliphatic carbocycles. The van der Waals surface area contributed by atoms with Crippen molar-refractivity contribution in [2.24, 2.45) is 0 Å². The topological polar surface area (TPSA) is 66.4 Å². The second-order valence-electron chi connectivity index (χ2n) is 9.45. The Balaban J connectivity index is 1.56. The van der Waals surface area contributed by atoms with Crippen LogP contribution >= 0.6 is 0 Å². The average molecular weight is 535 g/mol. The van der Waals surface area contributed by atoms with Crippen LogP contribution in [0.15, 0.2) is 85.2 Å². The number of benzene rings is 3. The fourth-order valence-electron chi connectivity index (χ4n) is 5.44. The Hall–Kier alpha value is -4.06. The van der Waals surface area contributed by atoms with Gasteiger partial charge in [-0.15, -0.1) is 0 Å². The van der Waals surface area contributed by atoms with Gasteiger partial charge in [-0.3, -0.25) is 0 Å². The van der Waals surface area contributed by atoms with Gasteiger partial charge < -0.3 is 0 Å². The molecule has 0 N–H and O–H groups in total. The Bertz CT molecular complexity index is 1650. The van der Waals surface area contributed by atoms with Gasteiger partial charge in [-0.25, -0.2) is 0 Å². The van der Waals surface area contributed by atoms with E-state index in [-0.39, 0.29) is 31.3 Å². The minimum absolute atomic E-state index is 0.113. The summed E-state index contributed by atoms with van der Waals surface area (Å²) in [6, 6.07) is 25.0. The average Bonchev–Trinajstić information content (AvgIpc) is 3.39. The summed E-state index contributed by atoms with van der Waals surface area (Å²) in [5.74, 6) is -0.826. The van der Waals surface area contributed by atoms with Crippen LogP contribution in [0, 0.1) is 0 Å². The van der Waals surface area contributed by atoms with E-state index in [1.54, 1.807) is 0 Å². The quantitative estimate of drug-likeness (QED) is 0.218. The summed E-state index contributed by atoms with van der Waals surface area (Å²) in [7, 11) is 0. The summed E-state index contributed by atoms with van der Waals surface area (Å²) in [6.07, 6.45) is 2.91. The third-order valence-electron chi connectivity index (χ3n) is 7.12. The maximum absolute atomic E-state index is 13.5. The van der Waals surface area contributed by atoms with Gasteiger partial charge in [0.2, 0.25) is 0 Å². The van der Waals surface area contributed by atoms with Crippen LogP contribution in [0.5, 0.6) is 0 Å². The third-order valence-corrected chi connectivity index (χ3v) is 9.53. The Labute approximate surface area is 213 Å². The molecule has 6 nitrogen and oxygen atoms in total. The van der Waals surface area contributed by atoms with Crippen LogP contribution in [0.4, 0.5) is 21.6 Å². The molecule has 0 spiro atoms. The number of fused-ring (bicyclic) bond motifs is 4. The number of hydrogen-bond acceptors (Lipinski definition) is 5. The van der Waals surface area contributed by atoms with Gasteiger partial charge in [0.15, 0.2) is 0 Å². The zero-order valence-electron chi connectivity index (χ0n) is 19.6. The molecule has 36 heavy (non-hydrogen) atoms. The molecule has 0 atom stereocenters. The maximum atomic E-state index is 13.5. The van der Waals surface area contributed by atoms with Crippen molar-refractivity contribution in [1.82, 2.24) is 9.97 Å². The Morgan fingerprint density at radius 3 is 1.83 bits per heavy atom. The summed E-state index contributed by atoms with van der Waals surface area (Å²) < 4.78 is 1.84. The van der Waals surface area contributed by atoms with Crippen LogP contribution in [-0.4, -0.2) is 36.3 Å². The van der Waals surface area contributed by atoms with Crippen molar-refractivity contribution in [3.05, 3.63) is 108 Å². The first-order valence-electron chi connectivity index (χ1n) is 11.7. The second kappa shape index (κ2) is 7.47. The van der Waals surface area contributed by atoms with Crippen molar-refractivity contribution in [2.75, 3.05) is 9.80 Å². The molecule has 2 amide bonds. The van der Waals surface area contributed by atoms with Crippen LogP contribution in [0.2, 0.25) is 0 Å². The normalized spacial score (nSPS) is 15.7. The number of imide groups is 1. The van der Waals surface area contributed by atoms with Gasteiger partial charge in [0.25, 0.3) is 0 Å². The monoisotopic (exact) mass is 536 g/mol. The number of nitrogens with zero attached hydrogens (tertiary/aromatic N) is 4. The molecule has 2 aliphatic heterocycles. The van der Waals surface area contributed by atoms with Gasteiger partial charge in [0, 0.05) is 0 Å². The molecule has 7 rings (SSSR count). The van der Waals surface area contributed by atoms with Gasteiger partial charge in [-0.1, -0.05) is 0 Å². The third kappa shape index (κ3) is 2.72. The summed E-state index contributed by atoms with van der Waals surface area (Å²) in [5, 5.41) is 1.04. The van der Waals surface area contributed by atoms with E-state index in [4.69, 9.17) is 0 Å². The molecular weight excluding hydrogens is 515 g/mol. The van der Waals surface area contributed by atoms with Crippen LogP contribution in [-0.2, 0) is 5.41 Å². The molecule has 3 aromatic carbocycles. The second-order valence-corrected chi connectivity index (χ2v) is 11.6. The first kappa shape index (κ1) is 21.2. The number of rotatable bonds is 2. The number of carbonyl (C=O) groups is 2. The summed E-state index contributed by atoms with van der Waals surface area (Å²) in [5.41, 5.74) is 5.37. The standard InChI is InChI=1S/C29H20N4O2Se/c1-29(2)18-10-4-6-12-20(18)32(21-13-7-5-11-19(21)29)25-17-9-3-8-14-22(17)36-28(25)33-26(34)23-24(27(33)35)31-16-15-30-23/h3-16H,1-2H3.